The van der Waals surface area contributed by atoms with Crippen molar-refractivity contribution in [1.82, 2.24) is 15.1 Å². The van der Waals surface area contributed by atoms with Crippen molar-refractivity contribution >= 4 is 39.9 Å². The minimum Gasteiger partial charge on any atom is -0.346 e. The number of benzene rings is 2. The number of halogens is 2. The van der Waals surface area contributed by atoms with E-state index in [0.717, 1.165) is 31.1 Å². The van der Waals surface area contributed by atoms with E-state index in [9.17, 15) is 9.59 Å². The number of hydrogen-bond donors (Lipinski definition) is 1. The second-order valence-corrected chi connectivity index (χ2v) is 7.83. The number of rotatable bonds is 4. The van der Waals surface area contributed by atoms with Crippen LogP contribution in [0.2, 0.25) is 10.0 Å². The van der Waals surface area contributed by atoms with Gasteiger partial charge in [0, 0.05) is 10.4 Å². The van der Waals surface area contributed by atoms with Gasteiger partial charge in [-0.2, -0.15) is 5.10 Å². The maximum Gasteiger partial charge on any atom is 0.274 e. The smallest absolute Gasteiger partial charge is 0.274 e. The fraction of sp³-hybridized carbons (Fsp3) is 0.286. The number of aromatic nitrogens is 2. The van der Waals surface area contributed by atoms with Gasteiger partial charge in [0.15, 0.2) is 0 Å². The zero-order chi connectivity index (χ0) is 19.7. The molecule has 28 heavy (non-hydrogen) atoms. The third kappa shape index (κ3) is 3.64. The molecule has 0 bridgehead atoms. The summed E-state index contributed by atoms with van der Waals surface area (Å²) in [6, 6.07) is 12.2. The van der Waals surface area contributed by atoms with Crippen LogP contribution in [0.25, 0.3) is 10.8 Å². The third-order valence-corrected chi connectivity index (χ3v) is 5.72. The molecule has 7 heteroatoms. The summed E-state index contributed by atoms with van der Waals surface area (Å²) in [5, 5.41) is 9.62. The first-order valence-electron chi connectivity index (χ1n) is 9.28. The zero-order valence-corrected chi connectivity index (χ0v) is 16.6. The molecule has 0 radical (unpaired) electrons. The zero-order valence-electron chi connectivity index (χ0n) is 15.1. The first-order valence-corrected chi connectivity index (χ1v) is 10.0. The van der Waals surface area contributed by atoms with Gasteiger partial charge in [-0.1, -0.05) is 54.2 Å². The molecule has 1 N–H and O–H groups in total. The van der Waals surface area contributed by atoms with Gasteiger partial charge in [-0.3, -0.25) is 9.59 Å². The van der Waals surface area contributed by atoms with E-state index in [1.807, 2.05) is 24.3 Å². The van der Waals surface area contributed by atoms with Crippen LogP contribution >= 0.6 is 23.2 Å². The first kappa shape index (κ1) is 19.0. The minimum absolute atomic E-state index is 0.0710. The number of hydrogen-bond acceptors (Lipinski definition) is 3. The van der Waals surface area contributed by atoms with E-state index >= 15 is 0 Å². The molecule has 1 aliphatic carbocycles. The molecule has 1 aromatic heterocycles. The van der Waals surface area contributed by atoms with Crippen LogP contribution in [-0.4, -0.2) is 15.7 Å². The van der Waals surface area contributed by atoms with Crippen molar-refractivity contribution in [2.75, 3.05) is 0 Å². The van der Waals surface area contributed by atoms with Crippen molar-refractivity contribution in [3.63, 3.8) is 0 Å². The van der Waals surface area contributed by atoms with Gasteiger partial charge < -0.3 is 5.32 Å². The second-order valence-electron chi connectivity index (χ2n) is 6.99. The summed E-state index contributed by atoms with van der Waals surface area (Å²) >= 11 is 12.0. The van der Waals surface area contributed by atoms with Crippen LogP contribution < -0.4 is 10.9 Å². The van der Waals surface area contributed by atoms with Crippen LogP contribution in [0.3, 0.4) is 0 Å². The summed E-state index contributed by atoms with van der Waals surface area (Å²) in [7, 11) is 0. The van der Waals surface area contributed by atoms with Gasteiger partial charge in [0.1, 0.15) is 0 Å². The average Bonchev–Trinajstić information content (AvgIpc) is 3.22. The number of amides is 1. The van der Waals surface area contributed by atoms with Crippen LogP contribution in [0, 0.1) is 0 Å². The number of nitrogens with one attached hydrogen (secondary N) is 1. The maximum atomic E-state index is 12.9. The summed E-state index contributed by atoms with van der Waals surface area (Å²) < 4.78 is 1.60. The van der Waals surface area contributed by atoms with Crippen molar-refractivity contribution < 1.29 is 4.79 Å². The molecule has 5 nitrogen and oxygen atoms in total. The van der Waals surface area contributed by atoms with Gasteiger partial charge in [0.25, 0.3) is 11.5 Å². The standard InChI is InChI=1S/C21H19Cl2N3O2/c22-13-9-10-17(18(23)11-13)20(27)24-12-19-15-7-3-4-8-16(15)21(28)26(25-19)14-5-1-2-6-14/h3-4,7-11,14H,1-2,5-6,12H2,(H,24,27). The lowest BCUT2D eigenvalue weighted by Gasteiger charge is -2.16. The highest BCUT2D eigenvalue weighted by molar-refractivity contribution is 6.36. The molecule has 0 spiro atoms. The Hall–Kier alpha value is -2.37. The molecule has 144 valence electrons. The van der Waals surface area contributed by atoms with E-state index in [-0.39, 0.29) is 24.1 Å². The highest BCUT2D eigenvalue weighted by atomic mass is 35.5. The van der Waals surface area contributed by atoms with Crippen molar-refractivity contribution in [3.05, 3.63) is 74.1 Å². The Morgan fingerprint density at radius 1 is 1.11 bits per heavy atom. The first-order chi connectivity index (χ1) is 13.5. The Morgan fingerprint density at radius 2 is 1.82 bits per heavy atom. The number of nitrogens with zero attached hydrogens (tertiary/aromatic N) is 2. The minimum atomic E-state index is -0.314. The lowest BCUT2D eigenvalue weighted by Crippen LogP contribution is -2.30. The quantitative estimate of drug-likeness (QED) is 0.668. The largest absolute Gasteiger partial charge is 0.346 e. The molecule has 2 aromatic carbocycles. The topological polar surface area (TPSA) is 64.0 Å². The van der Waals surface area contributed by atoms with Crippen LogP contribution in [0.4, 0.5) is 0 Å². The van der Waals surface area contributed by atoms with E-state index in [0.29, 0.717) is 26.7 Å². The number of carbonyl (C=O) groups excluding carboxylic acids is 1. The normalized spacial score (nSPS) is 14.5. The Labute approximate surface area is 172 Å². The van der Waals surface area contributed by atoms with E-state index < -0.39 is 0 Å². The molecule has 1 heterocycles. The Balaban J connectivity index is 1.67. The van der Waals surface area contributed by atoms with Gasteiger partial charge in [-0.25, -0.2) is 4.68 Å². The molecule has 1 saturated carbocycles. The molecule has 4 rings (SSSR count). The molecule has 0 aliphatic heterocycles. The predicted octanol–water partition coefficient (Wildman–Crippen LogP) is 4.75. The molecular weight excluding hydrogens is 397 g/mol. The predicted molar refractivity (Wildman–Crippen MR) is 111 cm³/mol. The molecule has 1 fully saturated rings. The lowest BCUT2D eigenvalue weighted by molar-refractivity contribution is 0.0950. The van der Waals surface area contributed by atoms with E-state index in [1.54, 1.807) is 16.8 Å². The Morgan fingerprint density at radius 3 is 2.54 bits per heavy atom. The lowest BCUT2D eigenvalue weighted by atomic mass is 10.1. The summed E-state index contributed by atoms with van der Waals surface area (Å²) in [5.74, 6) is -0.314. The second kappa shape index (κ2) is 7.94. The van der Waals surface area contributed by atoms with E-state index in [1.165, 1.54) is 6.07 Å². The van der Waals surface area contributed by atoms with Crippen molar-refractivity contribution in [2.45, 2.75) is 38.3 Å². The molecule has 3 aromatic rings. The molecule has 1 amide bonds. The molecular formula is C21H19Cl2N3O2. The van der Waals surface area contributed by atoms with Crippen LogP contribution in [0.15, 0.2) is 47.3 Å². The van der Waals surface area contributed by atoms with Crippen molar-refractivity contribution in [2.24, 2.45) is 0 Å². The van der Waals surface area contributed by atoms with Crippen LogP contribution in [-0.2, 0) is 6.54 Å². The van der Waals surface area contributed by atoms with Gasteiger partial charge in [0.2, 0.25) is 0 Å². The SMILES string of the molecule is O=C(NCc1nn(C2CCCC2)c(=O)c2ccccc12)c1ccc(Cl)cc1Cl. The monoisotopic (exact) mass is 415 g/mol. The number of fused-ring (bicyclic) bond motifs is 1. The average molecular weight is 416 g/mol. The van der Waals surface area contributed by atoms with Gasteiger partial charge >= 0.3 is 0 Å². The summed E-state index contributed by atoms with van der Waals surface area (Å²) in [5.41, 5.74) is 0.943. The molecule has 0 unspecified atom stereocenters. The third-order valence-electron chi connectivity index (χ3n) is 5.17. The number of carbonyl (C=O) groups is 1. The van der Waals surface area contributed by atoms with Crippen molar-refractivity contribution in [3.8, 4) is 0 Å². The van der Waals surface area contributed by atoms with E-state index in [4.69, 9.17) is 23.2 Å². The Bertz CT molecular complexity index is 1100. The van der Waals surface area contributed by atoms with Crippen LogP contribution in [0.1, 0.15) is 47.8 Å². The fourth-order valence-electron chi connectivity index (χ4n) is 3.73. The van der Waals surface area contributed by atoms with E-state index in [2.05, 4.69) is 10.4 Å². The summed E-state index contributed by atoms with van der Waals surface area (Å²) in [6.07, 6.45) is 4.12. The highest BCUT2D eigenvalue weighted by Crippen LogP contribution is 2.28. The summed E-state index contributed by atoms with van der Waals surface area (Å²) in [4.78, 5) is 25.4. The van der Waals surface area contributed by atoms with Crippen LogP contribution in [0.5, 0.6) is 0 Å². The maximum absolute atomic E-state index is 12.9. The molecule has 0 saturated heterocycles. The fourth-order valence-corrected chi connectivity index (χ4v) is 4.23. The highest BCUT2D eigenvalue weighted by Gasteiger charge is 2.21. The Kier molecular flexibility index (Phi) is 5.38. The van der Waals surface area contributed by atoms with Crippen molar-refractivity contribution in [1.29, 1.82) is 0 Å². The molecule has 0 atom stereocenters. The van der Waals surface area contributed by atoms with Gasteiger partial charge in [-0.15, -0.1) is 0 Å². The van der Waals surface area contributed by atoms with Gasteiger partial charge in [0.05, 0.1) is 34.3 Å². The van der Waals surface area contributed by atoms with Gasteiger partial charge in [-0.05, 0) is 37.1 Å². The summed E-state index contributed by atoms with van der Waals surface area (Å²) in [6.45, 7) is 0.200. The molecule has 1 aliphatic rings.